The van der Waals surface area contributed by atoms with E-state index in [9.17, 15) is 14.4 Å². The van der Waals surface area contributed by atoms with E-state index in [2.05, 4.69) is 5.32 Å². The fraction of sp³-hybridized carbons (Fsp3) is 0.267. The number of benzene rings is 1. The summed E-state index contributed by atoms with van der Waals surface area (Å²) in [6.45, 7) is 2.89. The van der Waals surface area contributed by atoms with Crippen molar-refractivity contribution in [2.24, 2.45) is 0 Å². The zero-order valence-corrected chi connectivity index (χ0v) is 12.0. The third-order valence-corrected chi connectivity index (χ3v) is 3.31. The number of urea groups is 1. The van der Waals surface area contributed by atoms with Gasteiger partial charge in [-0.1, -0.05) is 30.3 Å². The Morgan fingerprint density at radius 2 is 1.86 bits per heavy atom. The second-order valence-corrected chi connectivity index (χ2v) is 4.66. The molecule has 1 aliphatic heterocycles. The summed E-state index contributed by atoms with van der Waals surface area (Å²) >= 11 is 0. The second-order valence-electron chi connectivity index (χ2n) is 4.66. The average molecular weight is 288 g/mol. The number of esters is 1. The monoisotopic (exact) mass is 288 g/mol. The van der Waals surface area contributed by atoms with Gasteiger partial charge in [-0.05, 0) is 12.5 Å². The molecule has 0 radical (unpaired) electrons. The van der Waals surface area contributed by atoms with Crippen LogP contribution in [0.15, 0.2) is 41.6 Å². The molecule has 0 aromatic heterocycles. The molecular weight excluding hydrogens is 272 g/mol. The number of ether oxygens (including phenoxy) is 1. The summed E-state index contributed by atoms with van der Waals surface area (Å²) in [5.74, 6) is -1.03. The lowest BCUT2D eigenvalue weighted by Gasteiger charge is -2.35. The molecule has 6 nitrogen and oxygen atoms in total. The Labute approximate surface area is 122 Å². The molecule has 1 heterocycles. The number of amides is 3. The Morgan fingerprint density at radius 1 is 1.24 bits per heavy atom. The van der Waals surface area contributed by atoms with Crippen molar-refractivity contribution in [2.45, 2.75) is 19.9 Å². The van der Waals surface area contributed by atoms with Crippen molar-refractivity contribution in [1.82, 2.24) is 10.2 Å². The van der Waals surface area contributed by atoms with Crippen molar-refractivity contribution in [3.05, 3.63) is 47.2 Å². The van der Waals surface area contributed by atoms with E-state index in [-0.39, 0.29) is 5.57 Å². The van der Waals surface area contributed by atoms with E-state index in [1.54, 1.807) is 31.2 Å². The highest BCUT2D eigenvalue weighted by Crippen LogP contribution is 2.34. The average Bonchev–Trinajstić information content (AvgIpc) is 2.46. The van der Waals surface area contributed by atoms with Gasteiger partial charge in [-0.25, -0.2) is 9.59 Å². The van der Waals surface area contributed by atoms with Crippen LogP contribution in [0.1, 0.15) is 25.5 Å². The number of nitrogens with one attached hydrogen (secondary N) is 1. The van der Waals surface area contributed by atoms with E-state index < -0.39 is 23.9 Å². The highest BCUT2D eigenvalue weighted by Gasteiger charge is 2.40. The van der Waals surface area contributed by atoms with Gasteiger partial charge in [0.25, 0.3) is 0 Å². The first-order valence-electron chi connectivity index (χ1n) is 6.42. The molecule has 3 amide bonds. The van der Waals surface area contributed by atoms with Gasteiger partial charge in [0.15, 0.2) is 0 Å². The van der Waals surface area contributed by atoms with Gasteiger partial charge in [-0.15, -0.1) is 0 Å². The number of allylic oxidation sites excluding steroid dienone is 1. The highest BCUT2D eigenvalue weighted by atomic mass is 16.5. The minimum Gasteiger partial charge on any atom is -0.466 e. The van der Waals surface area contributed by atoms with Crippen molar-refractivity contribution in [1.29, 1.82) is 0 Å². The van der Waals surface area contributed by atoms with Crippen molar-refractivity contribution in [3.63, 3.8) is 0 Å². The molecule has 1 aromatic rings. The summed E-state index contributed by atoms with van der Waals surface area (Å²) in [6, 6.07) is 7.56. The minimum atomic E-state index is -0.787. The fourth-order valence-electron chi connectivity index (χ4n) is 2.39. The SMILES string of the molecule is COC(=O)C1=C(C)NC(=O)N(C(C)=O)[C@@H]1c1ccccc1. The van der Waals surface area contributed by atoms with Crippen LogP contribution in [0.5, 0.6) is 0 Å². The molecule has 2 rings (SSSR count). The summed E-state index contributed by atoms with van der Waals surface area (Å²) in [5.41, 5.74) is 1.30. The first kappa shape index (κ1) is 14.8. The summed E-state index contributed by atoms with van der Waals surface area (Å²) < 4.78 is 4.79. The van der Waals surface area contributed by atoms with Crippen LogP contribution in [0.2, 0.25) is 0 Å². The van der Waals surface area contributed by atoms with Gasteiger partial charge in [-0.3, -0.25) is 9.69 Å². The lowest BCUT2D eigenvalue weighted by atomic mass is 9.94. The number of hydrogen-bond acceptors (Lipinski definition) is 4. The first-order valence-corrected chi connectivity index (χ1v) is 6.42. The molecule has 0 spiro atoms. The number of hydrogen-bond donors (Lipinski definition) is 1. The second kappa shape index (κ2) is 5.78. The molecule has 1 N–H and O–H groups in total. The molecule has 0 saturated carbocycles. The maximum absolute atomic E-state index is 12.1. The van der Waals surface area contributed by atoms with Gasteiger partial charge in [0.05, 0.1) is 12.7 Å². The molecule has 1 aromatic carbocycles. The standard InChI is InChI=1S/C15H16N2O4/c1-9-12(14(19)21-3)13(11-7-5-4-6-8-11)17(10(2)18)15(20)16-9/h4-8,13H,1-3H3,(H,16,20)/t13-/m1/s1. The number of imide groups is 1. The van der Waals surface area contributed by atoms with Gasteiger partial charge >= 0.3 is 12.0 Å². The van der Waals surface area contributed by atoms with Crippen LogP contribution in [0.4, 0.5) is 4.79 Å². The Morgan fingerprint density at radius 3 is 2.38 bits per heavy atom. The van der Waals surface area contributed by atoms with E-state index in [1.807, 2.05) is 6.07 Å². The molecule has 21 heavy (non-hydrogen) atoms. The zero-order chi connectivity index (χ0) is 15.6. The van der Waals surface area contributed by atoms with Gasteiger partial charge in [0, 0.05) is 12.6 Å². The molecule has 0 saturated heterocycles. The summed E-state index contributed by atoms with van der Waals surface area (Å²) in [7, 11) is 1.26. The molecule has 1 aliphatic rings. The molecule has 6 heteroatoms. The van der Waals surface area contributed by atoms with Crippen LogP contribution in [0.3, 0.4) is 0 Å². The van der Waals surface area contributed by atoms with E-state index in [0.29, 0.717) is 11.3 Å². The van der Waals surface area contributed by atoms with Crippen LogP contribution in [-0.4, -0.2) is 29.9 Å². The van der Waals surface area contributed by atoms with Crippen molar-refractivity contribution < 1.29 is 19.1 Å². The van der Waals surface area contributed by atoms with Gasteiger partial charge in [0.2, 0.25) is 5.91 Å². The molecule has 110 valence electrons. The van der Waals surface area contributed by atoms with E-state index in [0.717, 1.165) is 4.90 Å². The summed E-state index contributed by atoms with van der Waals surface area (Å²) in [6.07, 6.45) is 0. The molecule has 0 bridgehead atoms. The fourth-order valence-corrected chi connectivity index (χ4v) is 2.39. The molecule has 0 unspecified atom stereocenters. The first-order chi connectivity index (χ1) is 9.97. The normalized spacial score (nSPS) is 18.3. The lowest BCUT2D eigenvalue weighted by molar-refractivity contribution is -0.137. The Hall–Kier alpha value is -2.63. The Balaban J connectivity index is 2.64. The largest absolute Gasteiger partial charge is 0.466 e. The van der Waals surface area contributed by atoms with Gasteiger partial charge in [-0.2, -0.15) is 0 Å². The number of carbonyl (C=O) groups is 3. The Bertz CT molecular complexity index is 622. The van der Waals surface area contributed by atoms with Gasteiger partial charge < -0.3 is 10.1 Å². The van der Waals surface area contributed by atoms with Crippen LogP contribution in [-0.2, 0) is 14.3 Å². The van der Waals surface area contributed by atoms with Crippen LogP contribution in [0, 0.1) is 0 Å². The van der Waals surface area contributed by atoms with E-state index in [4.69, 9.17) is 4.74 Å². The lowest BCUT2D eigenvalue weighted by Crippen LogP contribution is -2.50. The van der Waals surface area contributed by atoms with Gasteiger partial charge in [0.1, 0.15) is 6.04 Å². The van der Waals surface area contributed by atoms with E-state index in [1.165, 1.54) is 14.0 Å². The maximum atomic E-state index is 12.1. The minimum absolute atomic E-state index is 0.249. The summed E-state index contributed by atoms with van der Waals surface area (Å²) in [5, 5.41) is 2.52. The predicted molar refractivity (Wildman–Crippen MR) is 75.0 cm³/mol. The number of carbonyl (C=O) groups excluding carboxylic acids is 3. The molecular formula is C15H16N2O4. The predicted octanol–water partition coefficient (Wildman–Crippen LogP) is 1.75. The van der Waals surface area contributed by atoms with E-state index >= 15 is 0 Å². The highest BCUT2D eigenvalue weighted by molar-refractivity contribution is 6.01. The topological polar surface area (TPSA) is 75.7 Å². The third kappa shape index (κ3) is 2.65. The molecule has 0 fully saturated rings. The molecule has 1 atom stereocenters. The van der Waals surface area contributed by atoms with Crippen molar-refractivity contribution >= 4 is 17.9 Å². The molecule has 0 aliphatic carbocycles. The van der Waals surface area contributed by atoms with Crippen LogP contribution >= 0.6 is 0 Å². The number of methoxy groups -OCH3 is 1. The summed E-state index contributed by atoms with van der Waals surface area (Å²) in [4.78, 5) is 37.0. The quantitative estimate of drug-likeness (QED) is 0.841. The smallest absolute Gasteiger partial charge is 0.337 e. The Kier molecular flexibility index (Phi) is 4.07. The van der Waals surface area contributed by atoms with Crippen LogP contribution < -0.4 is 5.32 Å². The number of rotatable bonds is 2. The maximum Gasteiger partial charge on any atom is 0.337 e. The zero-order valence-electron chi connectivity index (χ0n) is 12.0. The van der Waals surface area contributed by atoms with Crippen LogP contribution in [0.25, 0.3) is 0 Å². The number of nitrogens with zero attached hydrogens (tertiary/aromatic N) is 1. The van der Waals surface area contributed by atoms with Crippen molar-refractivity contribution in [2.75, 3.05) is 7.11 Å². The van der Waals surface area contributed by atoms with Crippen molar-refractivity contribution in [3.8, 4) is 0 Å². The third-order valence-electron chi connectivity index (χ3n) is 3.31.